The second-order valence-corrected chi connectivity index (χ2v) is 4.60. The number of hydrogen-bond acceptors (Lipinski definition) is 2. The number of carbonyl (C=O) groups excluding carboxylic acids is 1. The van der Waals surface area contributed by atoms with Gasteiger partial charge in [-0.2, -0.15) is 0 Å². The lowest BCUT2D eigenvalue weighted by Crippen LogP contribution is -2.12. The minimum absolute atomic E-state index is 0.145. The maximum Gasteiger partial charge on any atom is 0.255 e. The molecule has 2 aromatic carbocycles. The third-order valence-corrected chi connectivity index (χ3v) is 3.36. The maximum absolute atomic E-state index is 12.1. The van der Waals surface area contributed by atoms with Gasteiger partial charge >= 0.3 is 0 Å². The summed E-state index contributed by atoms with van der Waals surface area (Å²) in [5.74, 6) is -0.145. The van der Waals surface area contributed by atoms with E-state index >= 15 is 0 Å². The van der Waals surface area contributed by atoms with Gasteiger partial charge < -0.3 is 10.6 Å². The first kappa shape index (κ1) is 13.4. The molecule has 0 aliphatic rings. The molecule has 0 fully saturated rings. The molecule has 19 heavy (non-hydrogen) atoms. The summed E-state index contributed by atoms with van der Waals surface area (Å²) >= 11 is 6.02. The second-order valence-electron chi connectivity index (χ2n) is 4.19. The largest absolute Gasteiger partial charge is 0.388 e. The van der Waals surface area contributed by atoms with Crippen LogP contribution >= 0.6 is 11.6 Å². The molecule has 0 unspecified atom stereocenters. The van der Waals surface area contributed by atoms with Crippen LogP contribution < -0.4 is 10.6 Å². The second kappa shape index (κ2) is 5.76. The number of nitrogens with one attached hydrogen (secondary N) is 2. The Labute approximate surface area is 117 Å². The van der Waals surface area contributed by atoms with E-state index in [9.17, 15) is 4.79 Å². The van der Waals surface area contributed by atoms with Crippen molar-refractivity contribution < 1.29 is 4.79 Å². The van der Waals surface area contributed by atoms with Crippen molar-refractivity contribution >= 4 is 28.9 Å². The van der Waals surface area contributed by atoms with Gasteiger partial charge in [0.1, 0.15) is 0 Å². The van der Waals surface area contributed by atoms with E-state index in [1.54, 1.807) is 18.2 Å². The Morgan fingerprint density at radius 1 is 1.11 bits per heavy atom. The molecule has 0 spiro atoms. The molecule has 0 saturated carbocycles. The number of carbonyl (C=O) groups is 1. The lowest BCUT2D eigenvalue weighted by molar-refractivity contribution is 0.102. The summed E-state index contributed by atoms with van der Waals surface area (Å²) in [5.41, 5.74) is 3.17. The molecule has 2 aromatic rings. The van der Waals surface area contributed by atoms with Crippen LogP contribution in [0, 0.1) is 6.92 Å². The molecule has 0 aromatic heterocycles. The summed E-state index contributed by atoms with van der Waals surface area (Å²) in [5, 5.41) is 6.51. The predicted molar refractivity (Wildman–Crippen MR) is 80.1 cm³/mol. The molecule has 0 heterocycles. The Morgan fingerprint density at radius 2 is 1.79 bits per heavy atom. The van der Waals surface area contributed by atoms with Crippen LogP contribution in [-0.2, 0) is 0 Å². The van der Waals surface area contributed by atoms with Gasteiger partial charge in [-0.3, -0.25) is 4.79 Å². The van der Waals surface area contributed by atoms with E-state index in [1.807, 2.05) is 38.2 Å². The molecule has 0 atom stereocenters. The third-order valence-electron chi connectivity index (χ3n) is 2.95. The van der Waals surface area contributed by atoms with Crippen molar-refractivity contribution in [2.75, 3.05) is 17.7 Å². The Kier molecular flexibility index (Phi) is 4.07. The number of amides is 1. The van der Waals surface area contributed by atoms with Crippen molar-refractivity contribution in [1.29, 1.82) is 0 Å². The van der Waals surface area contributed by atoms with E-state index in [-0.39, 0.29) is 5.91 Å². The van der Waals surface area contributed by atoms with Crippen LogP contribution in [0.2, 0.25) is 5.02 Å². The third kappa shape index (κ3) is 3.06. The van der Waals surface area contributed by atoms with Gasteiger partial charge in [0.05, 0.1) is 0 Å². The highest BCUT2D eigenvalue weighted by Crippen LogP contribution is 2.23. The summed E-state index contributed by atoms with van der Waals surface area (Å²) < 4.78 is 0. The summed E-state index contributed by atoms with van der Waals surface area (Å²) in [6.07, 6.45) is 0. The van der Waals surface area contributed by atoms with Crippen molar-refractivity contribution in [3.63, 3.8) is 0 Å². The first-order valence-corrected chi connectivity index (χ1v) is 6.34. The smallest absolute Gasteiger partial charge is 0.255 e. The molecular formula is C15H15ClN2O. The summed E-state index contributed by atoms with van der Waals surface area (Å²) in [6.45, 7) is 1.88. The van der Waals surface area contributed by atoms with Gasteiger partial charge in [-0.05, 0) is 48.9 Å². The molecular weight excluding hydrogens is 260 g/mol. The van der Waals surface area contributed by atoms with E-state index in [0.717, 1.165) is 16.9 Å². The van der Waals surface area contributed by atoms with Gasteiger partial charge in [0.2, 0.25) is 0 Å². The molecule has 4 heteroatoms. The standard InChI is InChI=1S/C15H15ClN2O/c1-10-13(16)4-3-5-14(10)18-15(19)11-6-8-12(17-2)9-7-11/h3-9,17H,1-2H3,(H,18,19). The zero-order valence-corrected chi connectivity index (χ0v) is 11.6. The predicted octanol–water partition coefficient (Wildman–Crippen LogP) is 3.94. The summed E-state index contributed by atoms with van der Waals surface area (Å²) in [7, 11) is 1.84. The Balaban J connectivity index is 2.18. The van der Waals surface area contributed by atoms with Gasteiger partial charge in [-0.15, -0.1) is 0 Å². The Bertz CT molecular complexity index is 594. The number of halogens is 1. The lowest BCUT2D eigenvalue weighted by Gasteiger charge is -2.09. The number of rotatable bonds is 3. The molecule has 98 valence electrons. The lowest BCUT2D eigenvalue weighted by atomic mass is 10.1. The number of anilines is 2. The molecule has 0 bridgehead atoms. The van der Waals surface area contributed by atoms with E-state index in [0.29, 0.717) is 10.6 Å². The van der Waals surface area contributed by atoms with Gasteiger partial charge in [0, 0.05) is 29.0 Å². The monoisotopic (exact) mass is 274 g/mol. The fraction of sp³-hybridized carbons (Fsp3) is 0.133. The molecule has 0 aliphatic heterocycles. The van der Waals surface area contributed by atoms with Gasteiger partial charge in [-0.25, -0.2) is 0 Å². The van der Waals surface area contributed by atoms with Crippen molar-refractivity contribution in [3.8, 4) is 0 Å². The van der Waals surface area contributed by atoms with Crippen molar-refractivity contribution in [1.82, 2.24) is 0 Å². The van der Waals surface area contributed by atoms with Crippen LogP contribution in [0.15, 0.2) is 42.5 Å². The molecule has 0 radical (unpaired) electrons. The van der Waals surface area contributed by atoms with Crippen molar-refractivity contribution in [3.05, 3.63) is 58.6 Å². The van der Waals surface area contributed by atoms with E-state index in [2.05, 4.69) is 10.6 Å². The zero-order chi connectivity index (χ0) is 13.8. The van der Waals surface area contributed by atoms with Crippen LogP contribution in [-0.4, -0.2) is 13.0 Å². The number of hydrogen-bond donors (Lipinski definition) is 2. The molecule has 2 N–H and O–H groups in total. The fourth-order valence-corrected chi connectivity index (χ4v) is 1.90. The highest BCUT2D eigenvalue weighted by Gasteiger charge is 2.08. The molecule has 0 saturated heterocycles. The maximum atomic E-state index is 12.1. The average Bonchev–Trinajstić information content (AvgIpc) is 2.44. The first-order chi connectivity index (χ1) is 9.11. The van der Waals surface area contributed by atoms with Crippen LogP contribution in [0.3, 0.4) is 0 Å². The minimum Gasteiger partial charge on any atom is -0.388 e. The van der Waals surface area contributed by atoms with Gasteiger partial charge in [0.15, 0.2) is 0 Å². The molecule has 0 aliphatic carbocycles. The SMILES string of the molecule is CNc1ccc(C(=O)Nc2cccc(Cl)c2C)cc1. The summed E-state index contributed by atoms with van der Waals surface area (Å²) in [4.78, 5) is 12.1. The van der Waals surface area contributed by atoms with Crippen LogP contribution in [0.1, 0.15) is 15.9 Å². The van der Waals surface area contributed by atoms with Crippen molar-refractivity contribution in [2.24, 2.45) is 0 Å². The highest BCUT2D eigenvalue weighted by molar-refractivity contribution is 6.31. The van der Waals surface area contributed by atoms with E-state index < -0.39 is 0 Å². The molecule has 2 rings (SSSR count). The van der Waals surface area contributed by atoms with Crippen LogP contribution in [0.5, 0.6) is 0 Å². The highest BCUT2D eigenvalue weighted by atomic mass is 35.5. The Hall–Kier alpha value is -2.00. The normalized spacial score (nSPS) is 10.1. The van der Waals surface area contributed by atoms with Crippen molar-refractivity contribution in [2.45, 2.75) is 6.92 Å². The van der Waals surface area contributed by atoms with Gasteiger partial charge in [0.25, 0.3) is 5.91 Å². The van der Waals surface area contributed by atoms with E-state index in [4.69, 9.17) is 11.6 Å². The minimum atomic E-state index is -0.145. The van der Waals surface area contributed by atoms with E-state index in [1.165, 1.54) is 0 Å². The summed E-state index contributed by atoms with van der Waals surface area (Å²) in [6, 6.07) is 12.7. The number of benzene rings is 2. The van der Waals surface area contributed by atoms with Crippen LogP contribution in [0.25, 0.3) is 0 Å². The average molecular weight is 275 g/mol. The molecule has 1 amide bonds. The topological polar surface area (TPSA) is 41.1 Å². The first-order valence-electron chi connectivity index (χ1n) is 5.96. The zero-order valence-electron chi connectivity index (χ0n) is 10.8. The quantitative estimate of drug-likeness (QED) is 0.890. The van der Waals surface area contributed by atoms with Crippen LogP contribution in [0.4, 0.5) is 11.4 Å². The van der Waals surface area contributed by atoms with Gasteiger partial charge in [-0.1, -0.05) is 17.7 Å². The fourth-order valence-electron chi connectivity index (χ4n) is 1.73. The molecule has 3 nitrogen and oxygen atoms in total. The Morgan fingerprint density at radius 3 is 2.42 bits per heavy atom.